The van der Waals surface area contributed by atoms with E-state index in [4.69, 9.17) is 8.83 Å². The van der Waals surface area contributed by atoms with Crippen LogP contribution in [-0.4, -0.2) is 35.0 Å². The maximum atomic E-state index is 12.6. The number of carboxylic acids is 1. The van der Waals surface area contributed by atoms with Crippen LogP contribution in [0.1, 0.15) is 34.4 Å². The fourth-order valence-corrected chi connectivity index (χ4v) is 4.21. The molecule has 2 aromatic heterocycles. The first-order valence-electron chi connectivity index (χ1n) is 9.62. The Morgan fingerprint density at radius 1 is 1.13 bits per heavy atom. The summed E-state index contributed by atoms with van der Waals surface area (Å²) in [6.45, 7) is 7.54. The first-order valence-corrected chi connectivity index (χ1v) is 11.0. The number of carboxylic acid groups (broad SMARTS) is 1. The molecule has 8 heteroatoms. The lowest BCUT2D eigenvalue weighted by molar-refractivity contribution is -0.141. The Morgan fingerprint density at radius 2 is 1.83 bits per heavy atom. The van der Waals surface area contributed by atoms with Crippen molar-refractivity contribution >= 4 is 45.6 Å². The molecule has 0 fully saturated rings. The molecule has 3 aromatic rings. The number of carbonyl (C=O) groups excluding carboxylic acids is 1. The summed E-state index contributed by atoms with van der Waals surface area (Å²) in [5.41, 5.74) is 3.20. The van der Waals surface area contributed by atoms with E-state index >= 15 is 0 Å². The highest BCUT2D eigenvalue weighted by atomic mass is 32.2. The molecule has 2 N–H and O–H groups in total. The molecule has 1 atom stereocenters. The molecule has 160 valence electrons. The molecular weight excluding hydrogens is 406 g/mol. The molecule has 0 unspecified atom stereocenters. The van der Waals surface area contributed by atoms with Crippen molar-refractivity contribution in [3.05, 3.63) is 44.5 Å². The van der Waals surface area contributed by atoms with E-state index in [0.717, 1.165) is 22.3 Å². The van der Waals surface area contributed by atoms with Crippen molar-refractivity contribution in [2.24, 2.45) is 0 Å². The van der Waals surface area contributed by atoms with Gasteiger partial charge in [-0.15, -0.1) is 0 Å². The topological polar surface area (TPSA) is 110 Å². The number of aliphatic carboxylic acids is 1. The highest BCUT2D eigenvalue weighted by molar-refractivity contribution is 7.98. The van der Waals surface area contributed by atoms with Crippen molar-refractivity contribution < 1.29 is 23.5 Å². The van der Waals surface area contributed by atoms with Crippen LogP contribution in [0.5, 0.6) is 0 Å². The predicted molar refractivity (Wildman–Crippen MR) is 117 cm³/mol. The normalized spacial score (nSPS) is 12.4. The molecule has 0 radical (unpaired) electrons. The standard InChI is InChI=1S/C22H25NO6S/c1-10-8-16-19(20-18(10)11(2)13(4)28-20)12(3)14(22(27)29-16)9-17(24)23-15(21(25)26)6-7-30-5/h8,15H,6-7,9H2,1-5H3,(H,23,24)(H,25,26)/t15-/m0/s1. The number of fused-ring (bicyclic) bond motifs is 3. The number of hydrogen-bond acceptors (Lipinski definition) is 6. The Morgan fingerprint density at radius 3 is 2.47 bits per heavy atom. The third-order valence-electron chi connectivity index (χ3n) is 5.46. The summed E-state index contributed by atoms with van der Waals surface area (Å²) in [6.07, 6.45) is 1.91. The van der Waals surface area contributed by atoms with Gasteiger partial charge in [-0.2, -0.15) is 11.8 Å². The number of furan rings is 1. The summed E-state index contributed by atoms with van der Waals surface area (Å²) in [4.78, 5) is 36.5. The van der Waals surface area contributed by atoms with Crippen LogP contribution in [-0.2, 0) is 16.0 Å². The first kappa shape index (κ1) is 22.0. The zero-order chi connectivity index (χ0) is 22.2. The summed E-state index contributed by atoms with van der Waals surface area (Å²) >= 11 is 1.50. The molecule has 1 aromatic carbocycles. The van der Waals surface area contributed by atoms with Crippen molar-refractivity contribution in [3.8, 4) is 0 Å². The van der Waals surface area contributed by atoms with Crippen LogP contribution >= 0.6 is 11.8 Å². The molecule has 1 amide bonds. The van der Waals surface area contributed by atoms with Crippen LogP contribution < -0.4 is 10.9 Å². The van der Waals surface area contributed by atoms with Crippen molar-refractivity contribution in [2.75, 3.05) is 12.0 Å². The molecule has 0 aliphatic carbocycles. The number of hydrogen-bond donors (Lipinski definition) is 2. The second-order valence-electron chi connectivity index (χ2n) is 7.46. The fraction of sp³-hybridized carbons (Fsp3) is 0.409. The van der Waals surface area contributed by atoms with Crippen LogP contribution in [0.25, 0.3) is 21.9 Å². The highest BCUT2D eigenvalue weighted by Crippen LogP contribution is 2.36. The Balaban J connectivity index is 2.04. The van der Waals surface area contributed by atoms with Gasteiger partial charge >= 0.3 is 11.6 Å². The van der Waals surface area contributed by atoms with Crippen molar-refractivity contribution in [1.29, 1.82) is 0 Å². The molecule has 0 spiro atoms. The number of carbonyl (C=O) groups is 2. The quantitative estimate of drug-likeness (QED) is 0.550. The molecule has 0 saturated carbocycles. The third-order valence-corrected chi connectivity index (χ3v) is 6.10. The number of thioether (sulfide) groups is 1. The number of rotatable bonds is 7. The third kappa shape index (κ3) is 3.96. The Bertz CT molecular complexity index is 1210. The van der Waals surface area contributed by atoms with Gasteiger partial charge in [0.05, 0.1) is 17.4 Å². The lowest BCUT2D eigenvalue weighted by atomic mass is 9.98. The molecule has 0 aliphatic heterocycles. The highest BCUT2D eigenvalue weighted by Gasteiger charge is 2.23. The Labute approximate surface area is 177 Å². The number of benzene rings is 1. The molecule has 0 aliphatic rings. The summed E-state index contributed by atoms with van der Waals surface area (Å²) < 4.78 is 11.5. The van der Waals surface area contributed by atoms with Crippen LogP contribution in [0.15, 0.2) is 19.7 Å². The summed E-state index contributed by atoms with van der Waals surface area (Å²) in [5.74, 6) is -0.251. The molecular formula is C22H25NO6S. The molecule has 0 bridgehead atoms. The van der Waals surface area contributed by atoms with E-state index in [-0.39, 0.29) is 12.0 Å². The van der Waals surface area contributed by atoms with Crippen LogP contribution in [0.3, 0.4) is 0 Å². The summed E-state index contributed by atoms with van der Waals surface area (Å²) in [5, 5.41) is 13.5. The van der Waals surface area contributed by atoms with E-state index < -0.39 is 23.5 Å². The minimum Gasteiger partial charge on any atom is -0.480 e. The zero-order valence-corrected chi connectivity index (χ0v) is 18.5. The molecule has 3 rings (SSSR count). The largest absolute Gasteiger partial charge is 0.480 e. The van der Waals surface area contributed by atoms with Crippen molar-refractivity contribution in [1.82, 2.24) is 5.32 Å². The van der Waals surface area contributed by atoms with Crippen LogP contribution in [0.4, 0.5) is 0 Å². The van der Waals surface area contributed by atoms with Gasteiger partial charge in [0.15, 0.2) is 0 Å². The van der Waals surface area contributed by atoms with E-state index in [0.29, 0.717) is 34.3 Å². The minimum absolute atomic E-state index is 0.200. The second kappa shape index (κ2) is 8.55. The second-order valence-corrected chi connectivity index (χ2v) is 8.45. The maximum absolute atomic E-state index is 12.6. The maximum Gasteiger partial charge on any atom is 0.340 e. The van der Waals surface area contributed by atoms with E-state index in [1.807, 2.05) is 27.0 Å². The summed E-state index contributed by atoms with van der Waals surface area (Å²) in [6, 6.07) is 0.809. The zero-order valence-electron chi connectivity index (χ0n) is 17.7. The van der Waals surface area contributed by atoms with E-state index in [9.17, 15) is 19.5 Å². The van der Waals surface area contributed by atoms with Gasteiger partial charge in [0.25, 0.3) is 0 Å². The van der Waals surface area contributed by atoms with Gasteiger partial charge in [-0.1, -0.05) is 0 Å². The van der Waals surface area contributed by atoms with E-state index in [1.165, 1.54) is 11.8 Å². The van der Waals surface area contributed by atoms with E-state index in [2.05, 4.69) is 5.32 Å². The van der Waals surface area contributed by atoms with Crippen molar-refractivity contribution in [3.63, 3.8) is 0 Å². The number of nitrogens with one attached hydrogen (secondary N) is 1. The van der Waals surface area contributed by atoms with Gasteiger partial charge in [-0.3, -0.25) is 4.79 Å². The van der Waals surface area contributed by atoms with Gasteiger partial charge in [0.2, 0.25) is 5.91 Å². The molecule has 0 saturated heterocycles. The number of aryl methyl sites for hydroxylation is 4. The van der Waals surface area contributed by atoms with Crippen LogP contribution in [0, 0.1) is 27.7 Å². The lowest BCUT2D eigenvalue weighted by Gasteiger charge is -2.14. The average molecular weight is 432 g/mol. The van der Waals surface area contributed by atoms with Gasteiger partial charge in [-0.05, 0) is 68.9 Å². The van der Waals surface area contributed by atoms with Gasteiger partial charge in [-0.25, -0.2) is 9.59 Å². The van der Waals surface area contributed by atoms with Gasteiger partial charge in [0, 0.05) is 5.39 Å². The van der Waals surface area contributed by atoms with E-state index in [1.54, 1.807) is 13.0 Å². The predicted octanol–water partition coefficient (Wildman–Crippen LogP) is 3.64. The van der Waals surface area contributed by atoms with Crippen molar-refractivity contribution in [2.45, 2.75) is 46.6 Å². The summed E-state index contributed by atoms with van der Waals surface area (Å²) in [7, 11) is 0. The number of amides is 1. The average Bonchev–Trinajstić information content (AvgIpc) is 2.96. The SMILES string of the molecule is CSCC[C@H](NC(=O)Cc1c(C)c2c(cc(C)c3c(C)c(C)oc32)oc1=O)C(=O)O. The smallest absolute Gasteiger partial charge is 0.340 e. The van der Waals surface area contributed by atoms with Gasteiger partial charge in [0.1, 0.15) is 23.0 Å². The first-order chi connectivity index (χ1) is 14.1. The van der Waals surface area contributed by atoms with Crippen LogP contribution in [0.2, 0.25) is 0 Å². The Kier molecular flexibility index (Phi) is 6.26. The van der Waals surface area contributed by atoms with Gasteiger partial charge < -0.3 is 19.3 Å². The minimum atomic E-state index is -1.10. The monoisotopic (exact) mass is 431 g/mol. The lowest BCUT2D eigenvalue weighted by Crippen LogP contribution is -2.42. The fourth-order valence-electron chi connectivity index (χ4n) is 3.74. The Hall–Kier alpha value is -2.74. The molecule has 2 heterocycles. The molecule has 7 nitrogen and oxygen atoms in total. The molecule has 30 heavy (non-hydrogen) atoms.